The van der Waals surface area contributed by atoms with Crippen LogP contribution in [0.4, 0.5) is 0 Å². The van der Waals surface area contributed by atoms with E-state index in [1.807, 2.05) is 6.92 Å². The van der Waals surface area contributed by atoms with E-state index >= 15 is 0 Å². The first-order valence-electron chi connectivity index (χ1n) is 5.75. The van der Waals surface area contributed by atoms with Crippen LogP contribution in [-0.4, -0.2) is 45.0 Å². The number of carbonyl (C=O) groups is 1. The molecule has 1 aliphatic heterocycles. The molecule has 0 aliphatic carbocycles. The summed E-state index contributed by atoms with van der Waals surface area (Å²) in [7, 11) is -2.94. The second kappa shape index (κ2) is 6.20. The number of amides is 1. The molecule has 1 aliphatic rings. The van der Waals surface area contributed by atoms with Crippen molar-refractivity contribution in [3.05, 3.63) is 0 Å². The van der Waals surface area contributed by atoms with Gasteiger partial charge >= 0.3 is 0 Å². The van der Waals surface area contributed by atoms with Crippen LogP contribution in [0.3, 0.4) is 0 Å². The van der Waals surface area contributed by atoms with Crippen LogP contribution in [0.1, 0.15) is 26.2 Å². The minimum absolute atomic E-state index is 0.0805. The molecule has 0 saturated carbocycles. The van der Waals surface area contributed by atoms with E-state index in [9.17, 15) is 13.2 Å². The van der Waals surface area contributed by atoms with Gasteiger partial charge in [0.05, 0.1) is 11.0 Å². The maximum Gasteiger partial charge on any atom is 0.221 e. The summed E-state index contributed by atoms with van der Waals surface area (Å²) in [6, 6.07) is 0. The predicted octanol–water partition coefficient (Wildman–Crippen LogP) is -0.321. The van der Waals surface area contributed by atoms with E-state index in [2.05, 4.69) is 10.6 Å². The van der Waals surface area contributed by atoms with Crippen LogP contribution in [-0.2, 0) is 14.6 Å². The molecule has 0 bridgehead atoms. The van der Waals surface area contributed by atoms with E-state index in [1.54, 1.807) is 0 Å². The van der Waals surface area contributed by atoms with Gasteiger partial charge in [0.2, 0.25) is 5.91 Å². The predicted molar refractivity (Wildman–Crippen MR) is 63.0 cm³/mol. The SMILES string of the molecule is CCNCCC(=O)NCC1CCCS1(=O)=O. The molecular formula is C10H20N2O3S. The van der Waals surface area contributed by atoms with Crippen LogP contribution < -0.4 is 10.6 Å². The van der Waals surface area contributed by atoms with Crippen molar-refractivity contribution in [2.45, 2.75) is 31.4 Å². The molecule has 94 valence electrons. The summed E-state index contributed by atoms with van der Waals surface area (Å²) in [4.78, 5) is 11.3. The maximum atomic E-state index is 11.5. The van der Waals surface area contributed by atoms with Gasteiger partial charge in [0, 0.05) is 19.5 Å². The van der Waals surface area contributed by atoms with Gasteiger partial charge in [-0.05, 0) is 19.4 Å². The Morgan fingerprint density at radius 2 is 2.19 bits per heavy atom. The molecule has 1 rings (SSSR count). The zero-order valence-electron chi connectivity index (χ0n) is 9.66. The fourth-order valence-corrected chi connectivity index (χ4v) is 3.55. The van der Waals surface area contributed by atoms with Crippen molar-refractivity contribution in [3.63, 3.8) is 0 Å². The third-order valence-electron chi connectivity index (χ3n) is 2.77. The third kappa shape index (κ3) is 4.09. The number of hydrogen-bond acceptors (Lipinski definition) is 4. The molecule has 0 radical (unpaired) electrons. The number of sulfone groups is 1. The Hall–Kier alpha value is -0.620. The Balaban J connectivity index is 2.21. The standard InChI is InChI=1S/C10H20N2O3S/c1-2-11-6-5-10(13)12-8-9-4-3-7-16(9,14)15/h9,11H,2-8H2,1H3,(H,12,13). The molecule has 0 aromatic carbocycles. The Bertz CT molecular complexity index is 327. The van der Waals surface area contributed by atoms with Gasteiger partial charge in [-0.3, -0.25) is 4.79 Å². The number of nitrogens with one attached hydrogen (secondary N) is 2. The maximum absolute atomic E-state index is 11.5. The summed E-state index contributed by atoms with van der Waals surface area (Å²) in [5, 5.41) is 5.36. The average molecular weight is 248 g/mol. The van der Waals surface area contributed by atoms with Crippen molar-refractivity contribution in [1.29, 1.82) is 0 Å². The summed E-state index contributed by atoms with van der Waals surface area (Å²) < 4.78 is 22.9. The summed E-state index contributed by atoms with van der Waals surface area (Å²) in [5.74, 6) is 0.188. The van der Waals surface area contributed by atoms with Crippen molar-refractivity contribution < 1.29 is 13.2 Å². The van der Waals surface area contributed by atoms with Gasteiger partial charge < -0.3 is 10.6 Å². The van der Waals surface area contributed by atoms with E-state index in [1.165, 1.54) is 0 Å². The second-order valence-corrected chi connectivity index (χ2v) is 6.44. The lowest BCUT2D eigenvalue weighted by Crippen LogP contribution is -2.35. The van der Waals surface area contributed by atoms with Gasteiger partial charge in [-0.15, -0.1) is 0 Å². The van der Waals surface area contributed by atoms with Gasteiger partial charge in [-0.25, -0.2) is 8.42 Å². The smallest absolute Gasteiger partial charge is 0.221 e. The number of hydrogen-bond donors (Lipinski definition) is 2. The normalized spacial score (nSPS) is 23.2. The Morgan fingerprint density at radius 1 is 1.44 bits per heavy atom. The van der Waals surface area contributed by atoms with Crippen LogP contribution in [0.15, 0.2) is 0 Å². The fourth-order valence-electron chi connectivity index (χ4n) is 1.78. The molecule has 1 fully saturated rings. The highest BCUT2D eigenvalue weighted by Crippen LogP contribution is 2.18. The Morgan fingerprint density at radius 3 is 2.75 bits per heavy atom. The van der Waals surface area contributed by atoms with Crippen molar-refractivity contribution >= 4 is 15.7 Å². The van der Waals surface area contributed by atoms with E-state index in [0.29, 0.717) is 19.4 Å². The van der Waals surface area contributed by atoms with Crippen molar-refractivity contribution in [2.24, 2.45) is 0 Å². The van der Waals surface area contributed by atoms with Crippen molar-refractivity contribution in [2.75, 3.05) is 25.4 Å². The van der Waals surface area contributed by atoms with Gasteiger partial charge in [-0.2, -0.15) is 0 Å². The summed E-state index contributed by atoms with van der Waals surface area (Å²) in [6.45, 7) is 3.72. The zero-order chi connectivity index (χ0) is 12.0. The molecule has 1 amide bonds. The average Bonchev–Trinajstić information content (AvgIpc) is 2.55. The molecule has 6 heteroatoms. The van der Waals surface area contributed by atoms with Crippen LogP contribution >= 0.6 is 0 Å². The number of rotatable bonds is 6. The first kappa shape index (κ1) is 13.4. The molecule has 0 aromatic heterocycles. The first-order chi connectivity index (χ1) is 7.56. The lowest BCUT2D eigenvalue weighted by molar-refractivity contribution is -0.120. The van der Waals surface area contributed by atoms with Crippen LogP contribution in [0.25, 0.3) is 0 Å². The summed E-state index contributed by atoms with van der Waals surface area (Å²) >= 11 is 0. The fraction of sp³-hybridized carbons (Fsp3) is 0.900. The van der Waals surface area contributed by atoms with Gasteiger partial charge in [0.15, 0.2) is 9.84 Å². The van der Waals surface area contributed by atoms with Crippen molar-refractivity contribution in [1.82, 2.24) is 10.6 Å². The number of carbonyl (C=O) groups excluding carboxylic acids is 1. The lowest BCUT2D eigenvalue weighted by atomic mass is 10.2. The molecule has 1 saturated heterocycles. The minimum Gasteiger partial charge on any atom is -0.355 e. The largest absolute Gasteiger partial charge is 0.355 e. The molecule has 1 atom stereocenters. The van der Waals surface area contributed by atoms with E-state index < -0.39 is 9.84 Å². The van der Waals surface area contributed by atoms with Crippen LogP contribution in [0.2, 0.25) is 0 Å². The molecule has 0 spiro atoms. The lowest BCUT2D eigenvalue weighted by Gasteiger charge is -2.10. The molecular weight excluding hydrogens is 228 g/mol. The Kier molecular flexibility index (Phi) is 5.21. The van der Waals surface area contributed by atoms with E-state index in [-0.39, 0.29) is 23.5 Å². The third-order valence-corrected chi connectivity index (χ3v) is 5.04. The Labute approximate surface area is 96.9 Å². The van der Waals surface area contributed by atoms with Gasteiger partial charge in [0.25, 0.3) is 0 Å². The molecule has 5 nitrogen and oxygen atoms in total. The van der Waals surface area contributed by atoms with Gasteiger partial charge in [-0.1, -0.05) is 6.92 Å². The topological polar surface area (TPSA) is 75.3 Å². The quantitative estimate of drug-likeness (QED) is 0.632. The summed E-state index contributed by atoms with van der Waals surface area (Å²) in [6.07, 6.45) is 1.80. The molecule has 2 N–H and O–H groups in total. The van der Waals surface area contributed by atoms with E-state index in [4.69, 9.17) is 0 Å². The molecule has 1 unspecified atom stereocenters. The molecule has 16 heavy (non-hydrogen) atoms. The van der Waals surface area contributed by atoms with Crippen LogP contribution in [0, 0.1) is 0 Å². The highest BCUT2D eigenvalue weighted by Gasteiger charge is 2.31. The summed E-state index contributed by atoms with van der Waals surface area (Å²) in [5.41, 5.74) is 0. The second-order valence-electron chi connectivity index (χ2n) is 4.04. The molecule has 0 aromatic rings. The van der Waals surface area contributed by atoms with Crippen LogP contribution in [0.5, 0.6) is 0 Å². The molecule has 1 heterocycles. The van der Waals surface area contributed by atoms with Crippen molar-refractivity contribution in [3.8, 4) is 0 Å². The van der Waals surface area contributed by atoms with E-state index in [0.717, 1.165) is 13.0 Å². The first-order valence-corrected chi connectivity index (χ1v) is 7.47. The minimum atomic E-state index is -2.94. The van der Waals surface area contributed by atoms with Gasteiger partial charge in [0.1, 0.15) is 0 Å². The highest BCUT2D eigenvalue weighted by atomic mass is 32.2. The zero-order valence-corrected chi connectivity index (χ0v) is 10.5. The highest BCUT2D eigenvalue weighted by molar-refractivity contribution is 7.92. The monoisotopic (exact) mass is 248 g/mol.